The number of rotatable bonds is 3. The Balaban J connectivity index is 2.15. The molecule has 0 saturated carbocycles. The summed E-state index contributed by atoms with van der Waals surface area (Å²) in [6.45, 7) is -0.341. The third kappa shape index (κ3) is 3.48. The number of carboxylic acid groups (broad SMARTS) is 1. The number of benzene rings is 2. The quantitative estimate of drug-likeness (QED) is 0.904. The van der Waals surface area contributed by atoms with Gasteiger partial charge in [0.15, 0.2) is 0 Å². The van der Waals surface area contributed by atoms with Crippen molar-refractivity contribution in [3.63, 3.8) is 0 Å². The maximum absolute atomic E-state index is 11.8. The Bertz CT molecular complexity index is 673. The molecule has 0 saturated heterocycles. The van der Waals surface area contributed by atoms with E-state index in [-0.39, 0.29) is 6.54 Å². The summed E-state index contributed by atoms with van der Waals surface area (Å²) in [4.78, 5) is 23.4. The van der Waals surface area contributed by atoms with Crippen LogP contribution >= 0.6 is 15.9 Å². The fourth-order valence-electron chi connectivity index (χ4n) is 1.79. The zero-order valence-electron chi connectivity index (χ0n) is 10.8. The van der Waals surface area contributed by atoms with Crippen LogP contribution in [0.2, 0.25) is 0 Å². The third-order valence-corrected chi connectivity index (χ3v) is 3.27. The molecule has 0 heterocycles. The van der Waals surface area contributed by atoms with Gasteiger partial charge < -0.3 is 15.3 Å². The van der Waals surface area contributed by atoms with Gasteiger partial charge in [-0.05, 0) is 35.0 Å². The standard InChI is InChI=1S/C14H13BrN2O3/c1-17(8-13(18)19)14(20)16-12-5-3-9-6-11(15)4-2-10(9)7-12/h2-7H,8H2,1H3,(H,16,20)(H,18,19). The molecule has 0 unspecified atom stereocenters. The number of hydrogen-bond donors (Lipinski definition) is 2. The number of fused-ring (bicyclic) bond motifs is 1. The fourth-order valence-corrected chi connectivity index (χ4v) is 2.17. The second kappa shape index (κ2) is 5.92. The monoisotopic (exact) mass is 336 g/mol. The Morgan fingerprint density at radius 2 is 1.85 bits per heavy atom. The lowest BCUT2D eigenvalue weighted by Gasteiger charge is -2.15. The SMILES string of the molecule is CN(CC(=O)O)C(=O)Nc1ccc2cc(Br)ccc2c1. The highest BCUT2D eigenvalue weighted by atomic mass is 79.9. The van der Waals surface area contributed by atoms with Crippen LogP contribution in [0.3, 0.4) is 0 Å². The number of hydrogen-bond acceptors (Lipinski definition) is 2. The summed E-state index contributed by atoms with van der Waals surface area (Å²) in [5.41, 5.74) is 0.627. The smallest absolute Gasteiger partial charge is 0.323 e. The van der Waals surface area contributed by atoms with Gasteiger partial charge in [0.2, 0.25) is 0 Å². The Labute approximate surface area is 124 Å². The number of nitrogens with one attached hydrogen (secondary N) is 1. The molecule has 2 aromatic carbocycles. The first-order valence-electron chi connectivity index (χ1n) is 5.89. The van der Waals surface area contributed by atoms with Crippen molar-refractivity contribution < 1.29 is 14.7 Å². The van der Waals surface area contributed by atoms with E-state index in [9.17, 15) is 9.59 Å². The van der Waals surface area contributed by atoms with E-state index in [0.29, 0.717) is 5.69 Å². The van der Waals surface area contributed by atoms with Crippen molar-refractivity contribution in [1.82, 2.24) is 4.90 Å². The Morgan fingerprint density at radius 3 is 2.55 bits per heavy atom. The molecule has 2 rings (SSSR count). The van der Waals surface area contributed by atoms with Crippen molar-refractivity contribution in [2.24, 2.45) is 0 Å². The van der Waals surface area contributed by atoms with Gasteiger partial charge in [0, 0.05) is 17.2 Å². The number of carboxylic acids is 1. The number of amides is 2. The van der Waals surface area contributed by atoms with E-state index in [2.05, 4.69) is 21.2 Å². The molecule has 5 nitrogen and oxygen atoms in total. The van der Waals surface area contributed by atoms with Gasteiger partial charge in [-0.3, -0.25) is 4.79 Å². The van der Waals surface area contributed by atoms with E-state index in [1.165, 1.54) is 7.05 Å². The highest BCUT2D eigenvalue weighted by Crippen LogP contribution is 2.23. The first kappa shape index (κ1) is 14.3. The zero-order valence-corrected chi connectivity index (χ0v) is 12.3. The molecule has 0 bridgehead atoms. The molecule has 2 N–H and O–H groups in total. The Kier molecular flexibility index (Phi) is 4.24. The molecule has 0 aliphatic rings. The predicted octanol–water partition coefficient (Wildman–Crippen LogP) is 3.15. The van der Waals surface area contributed by atoms with Crippen molar-refractivity contribution in [3.8, 4) is 0 Å². The number of anilines is 1. The van der Waals surface area contributed by atoms with Gasteiger partial charge in [-0.15, -0.1) is 0 Å². The predicted molar refractivity (Wildman–Crippen MR) is 80.9 cm³/mol. The molecule has 0 fully saturated rings. The fraction of sp³-hybridized carbons (Fsp3) is 0.143. The zero-order chi connectivity index (χ0) is 14.7. The first-order valence-corrected chi connectivity index (χ1v) is 6.68. The number of nitrogens with zero attached hydrogens (tertiary/aromatic N) is 1. The lowest BCUT2D eigenvalue weighted by Crippen LogP contribution is -2.35. The molecule has 0 aliphatic heterocycles. The summed E-state index contributed by atoms with van der Waals surface area (Å²) >= 11 is 3.40. The molecular weight excluding hydrogens is 324 g/mol. The molecule has 2 amide bonds. The van der Waals surface area contributed by atoms with Crippen molar-refractivity contribution in [1.29, 1.82) is 0 Å². The Hall–Kier alpha value is -2.08. The van der Waals surface area contributed by atoms with Gasteiger partial charge >= 0.3 is 12.0 Å². The highest BCUT2D eigenvalue weighted by molar-refractivity contribution is 9.10. The van der Waals surface area contributed by atoms with Gasteiger partial charge in [0.1, 0.15) is 6.54 Å². The molecule has 0 aromatic heterocycles. The lowest BCUT2D eigenvalue weighted by atomic mass is 10.1. The van der Waals surface area contributed by atoms with E-state index < -0.39 is 12.0 Å². The second-order valence-corrected chi connectivity index (χ2v) is 5.30. The summed E-state index contributed by atoms with van der Waals surface area (Å²) < 4.78 is 0.989. The average Bonchev–Trinajstić information content (AvgIpc) is 2.38. The largest absolute Gasteiger partial charge is 0.480 e. The number of carbonyl (C=O) groups excluding carboxylic acids is 1. The van der Waals surface area contributed by atoms with Gasteiger partial charge in [-0.2, -0.15) is 0 Å². The van der Waals surface area contributed by atoms with Crippen molar-refractivity contribution in [3.05, 3.63) is 40.9 Å². The molecule has 104 valence electrons. The van der Waals surface area contributed by atoms with Gasteiger partial charge in [0.25, 0.3) is 0 Å². The molecule has 2 aromatic rings. The van der Waals surface area contributed by atoms with Crippen molar-refractivity contribution in [2.45, 2.75) is 0 Å². The number of likely N-dealkylation sites (N-methyl/N-ethyl adjacent to an activating group) is 1. The van der Waals surface area contributed by atoms with E-state index in [0.717, 1.165) is 20.1 Å². The summed E-state index contributed by atoms with van der Waals surface area (Å²) in [5, 5.41) is 13.4. The van der Waals surface area contributed by atoms with E-state index >= 15 is 0 Å². The first-order chi connectivity index (χ1) is 9.45. The number of carbonyl (C=O) groups is 2. The summed E-state index contributed by atoms with van der Waals surface area (Å²) in [7, 11) is 1.43. The molecule has 6 heteroatoms. The second-order valence-electron chi connectivity index (χ2n) is 4.39. The van der Waals surface area contributed by atoms with E-state index in [1.54, 1.807) is 6.07 Å². The van der Waals surface area contributed by atoms with Gasteiger partial charge in [-0.25, -0.2) is 4.79 Å². The minimum atomic E-state index is -1.05. The van der Waals surface area contributed by atoms with Crippen LogP contribution in [0.15, 0.2) is 40.9 Å². The maximum Gasteiger partial charge on any atom is 0.323 e. The van der Waals surface area contributed by atoms with Crippen LogP contribution in [0.1, 0.15) is 0 Å². The molecule has 0 radical (unpaired) electrons. The van der Waals surface area contributed by atoms with E-state index in [1.807, 2.05) is 30.3 Å². The molecule has 0 spiro atoms. The van der Waals surface area contributed by atoms with Crippen LogP contribution in [0.5, 0.6) is 0 Å². The molecule has 20 heavy (non-hydrogen) atoms. The molecule has 0 aliphatic carbocycles. The van der Waals surface area contributed by atoms with Gasteiger partial charge in [-0.1, -0.05) is 28.1 Å². The lowest BCUT2D eigenvalue weighted by molar-refractivity contribution is -0.137. The van der Waals surface area contributed by atoms with E-state index in [4.69, 9.17) is 5.11 Å². The number of halogens is 1. The Morgan fingerprint density at radius 1 is 1.20 bits per heavy atom. The minimum absolute atomic E-state index is 0.341. The third-order valence-electron chi connectivity index (χ3n) is 2.77. The number of urea groups is 1. The molecular formula is C14H13BrN2O3. The summed E-state index contributed by atoms with van der Waals surface area (Å²) in [5.74, 6) is -1.05. The normalized spacial score (nSPS) is 10.3. The van der Waals surface area contributed by atoms with Crippen LogP contribution < -0.4 is 5.32 Å². The van der Waals surface area contributed by atoms with Crippen LogP contribution in [-0.2, 0) is 4.79 Å². The van der Waals surface area contributed by atoms with Crippen LogP contribution in [0, 0.1) is 0 Å². The highest BCUT2D eigenvalue weighted by Gasteiger charge is 2.12. The van der Waals surface area contributed by atoms with Crippen molar-refractivity contribution >= 4 is 44.4 Å². The summed E-state index contributed by atoms with van der Waals surface area (Å²) in [6.07, 6.45) is 0. The number of aliphatic carboxylic acids is 1. The van der Waals surface area contributed by atoms with Crippen LogP contribution in [0.4, 0.5) is 10.5 Å². The van der Waals surface area contributed by atoms with Crippen LogP contribution in [-0.4, -0.2) is 35.6 Å². The average molecular weight is 337 g/mol. The molecule has 0 atom stereocenters. The minimum Gasteiger partial charge on any atom is -0.480 e. The summed E-state index contributed by atoms with van der Waals surface area (Å²) in [6, 6.07) is 10.9. The van der Waals surface area contributed by atoms with Crippen LogP contribution in [0.25, 0.3) is 10.8 Å². The maximum atomic E-state index is 11.8. The van der Waals surface area contributed by atoms with Crippen molar-refractivity contribution in [2.75, 3.05) is 18.9 Å². The topological polar surface area (TPSA) is 69.6 Å². The van der Waals surface area contributed by atoms with Gasteiger partial charge in [0.05, 0.1) is 0 Å².